The number of thioether (sulfide) groups is 3. The maximum absolute atomic E-state index is 14.8. The zero-order valence-corrected chi connectivity index (χ0v) is 83.0. The molecule has 0 saturated carbocycles. The standard InChI is InChI=1S/3C37H40F4N4O2S/c3*1-4-43(5-2)21-22-44(25(3)27-11-13-28(14-12-27)29-15-17-30(18-16-29)37(39,40)41)34(46)23-45-33-8-6-7-32(33)35(47)42-36(45)48-24-26-9-19-31(38)20-10-26/h3*9-20,25H,4-8,21-24H2,1-3H3/i2*4D2,5D2,23D2,25D;23D2,25D. The van der Waals surface area contributed by atoms with E-state index in [-0.39, 0.29) is 85.8 Å². The molecule has 18 nitrogen and oxygen atoms in total. The van der Waals surface area contributed by atoms with Gasteiger partial charge in [0, 0.05) is 101 Å². The summed E-state index contributed by atoms with van der Waals surface area (Å²) in [6.07, 6.45) is -10.0. The first-order chi connectivity index (χ1) is 74.9. The Hall–Kier alpha value is -11.9. The van der Waals surface area contributed by atoms with E-state index in [2.05, 4.69) is 19.9 Å². The number of amides is 3. The van der Waals surface area contributed by atoms with E-state index in [1.807, 2.05) is 13.8 Å². The van der Waals surface area contributed by atoms with Crippen LogP contribution in [0.25, 0.3) is 33.4 Å². The van der Waals surface area contributed by atoms with Crippen LogP contribution in [0.15, 0.2) is 248 Å². The van der Waals surface area contributed by atoms with Crippen LogP contribution in [-0.4, -0.2) is 154 Å². The molecule has 12 aromatic rings. The SMILES string of the molecule is [2H]C(C)(c1ccc(-c2ccc(C(F)(F)F)cc2)cc1)N(CCN(CC)CC)C(=O)C([2H])([2H])n1c(SCc2ccc(F)cc2)nc(=O)c2c1CCC2.[2H]C([2H])(C)N(CCN(C(=O)C([2H])([2H])n1c(SCc2ccc(F)cc2)nc(=O)c2c1CCC2)C([2H])(C)c1ccc(-c2ccc(C(F)(F)F)cc2)cc1)C([2H])([2H])C.[2H]C([2H])(C)N(CCN(C(=O)C([2H])([2H])n1c(SCc2ccc(F)cc2)nc(=O)c2c1CCC2)C([2H])(C)c1ccc(-c2ccc(C(F)(F)F)cc2)cc1)C([2H])([2H])C. The van der Waals surface area contributed by atoms with Crippen LogP contribution in [-0.2, 0) is 108 Å². The summed E-state index contributed by atoms with van der Waals surface area (Å²) in [5.74, 6) is -4.26. The molecule has 0 bridgehead atoms. The molecule has 0 fully saturated rings. The van der Waals surface area contributed by atoms with Crippen LogP contribution < -0.4 is 16.7 Å². The molecule has 3 heterocycles. The number of carbonyl (C=O) groups excluding carboxylic acids is 3. The molecule has 3 aliphatic carbocycles. The number of fused-ring (bicyclic) bond motifs is 3. The van der Waals surface area contributed by atoms with Gasteiger partial charge in [-0.3, -0.25) is 28.8 Å². The molecule has 0 radical (unpaired) electrons. The number of benzene rings is 9. The molecule has 0 saturated heterocycles. The summed E-state index contributed by atoms with van der Waals surface area (Å²) in [5.41, 5.74) is 3.57. The van der Waals surface area contributed by atoms with Gasteiger partial charge in [-0.2, -0.15) is 54.5 Å². The van der Waals surface area contributed by atoms with E-state index in [1.54, 1.807) is 60.7 Å². The Balaban J connectivity index is 0.000000199. The van der Waals surface area contributed by atoms with E-state index in [9.17, 15) is 93.8 Å². The molecular formula is C111H120F12N12O6S3. The van der Waals surface area contributed by atoms with Gasteiger partial charge in [-0.05, 0) is 257 Å². The average Bonchev–Trinajstić information content (AvgIpc) is 0.851. The zero-order chi connectivity index (χ0) is 119. The first-order valence-electron chi connectivity index (χ1n) is 55.1. The van der Waals surface area contributed by atoms with Gasteiger partial charge in [0.15, 0.2) is 15.5 Å². The van der Waals surface area contributed by atoms with Gasteiger partial charge < -0.3 is 43.1 Å². The second-order valence-corrected chi connectivity index (χ2v) is 36.7. The van der Waals surface area contributed by atoms with E-state index in [4.69, 9.17) is 11.0 Å². The molecule has 3 unspecified atom stereocenters. The van der Waals surface area contributed by atoms with Crippen LogP contribution in [0.3, 0.4) is 0 Å². The summed E-state index contributed by atoms with van der Waals surface area (Å²) >= 11 is 3.02. The third-order valence-corrected chi connectivity index (χ3v) is 28.0. The molecule has 3 amide bonds. The third kappa shape index (κ3) is 28.5. The quantitative estimate of drug-likeness (QED) is 0.0202. The first-order valence-corrected chi connectivity index (χ1v) is 49.5. The summed E-state index contributed by atoms with van der Waals surface area (Å²) in [6.45, 7) is -5.25. The lowest BCUT2D eigenvalue weighted by atomic mass is 9.99. The Morgan fingerprint density at radius 3 is 0.771 bits per heavy atom. The van der Waals surface area contributed by atoms with Crippen molar-refractivity contribution in [2.24, 2.45) is 0 Å². The van der Waals surface area contributed by atoms with Crippen LogP contribution in [0, 0.1) is 17.5 Å². The molecule has 3 aromatic heterocycles. The van der Waals surface area contributed by atoms with E-state index in [0.717, 1.165) is 128 Å². The Morgan fingerprint density at radius 2 is 0.556 bits per heavy atom. The zero-order valence-electron chi connectivity index (χ0n) is 97.5. The van der Waals surface area contributed by atoms with Crippen LogP contribution in [0.4, 0.5) is 52.7 Å². The molecule has 0 aliphatic heterocycles. The van der Waals surface area contributed by atoms with Crippen LogP contribution in [0.2, 0.25) is 0 Å². The molecule has 144 heavy (non-hydrogen) atoms. The largest absolute Gasteiger partial charge is 0.416 e. The summed E-state index contributed by atoms with van der Waals surface area (Å²) < 4.78 is 314. The van der Waals surface area contributed by atoms with Gasteiger partial charge in [0.2, 0.25) is 17.7 Å². The van der Waals surface area contributed by atoms with Crippen LogP contribution >= 0.6 is 35.3 Å². The number of aromatic nitrogens is 6. The molecule has 3 atom stereocenters. The highest BCUT2D eigenvalue weighted by Gasteiger charge is 2.36. The number of likely N-dealkylation sites (N-methyl/N-ethyl adjacent to an activating group) is 3. The van der Waals surface area contributed by atoms with E-state index in [1.165, 1.54) is 152 Å². The van der Waals surface area contributed by atoms with Gasteiger partial charge in [-0.15, -0.1) is 0 Å². The molecule has 762 valence electrons. The fraction of sp³-hybridized carbons (Fsp3) is 0.378. The van der Waals surface area contributed by atoms with Gasteiger partial charge in [0.05, 0.1) is 47.1 Å². The number of hydrogen-bond donors (Lipinski definition) is 0. The molecule has 15 rings (SSSR count). The first kappa shape index (κ1) is 87.5. The summed E-state index contributed by atoms with van der Waals surface area (Å²) in [5, 5.41) is -0.214. The predicted octanol–water partition coefficient (Wildman–Crippen LogP) is 23.3. The molecular weight excluding hydrogens is 1920 g/mol. The number of alkyl halides is 9. The Bertz CT molecular complexity index is 7100. The summed E-state index contributed by atoms with van der Waals surface area (Å²) in [4.78, 5) is 103. The fourth-order valence-corrected chi connectivity index (χ4v) is 19.5. The topological polar surface area (TPSA) is 175 Å². The van der Waals surface area contributed by atoms with Gasteiger partial charge in [0.25, 0.3) is 16.7 Å². The predicted molar refractivity (Wildman–Crippen MR) is 544 cm³/mol. The maximum atomic E-state index is 14.8. The van der Waals surface area contributed by atoms with Crippen molar-refractivity contribution < 1.29 is 90.4 Å². The molecule has 33 heteroatoms. The molecule has 0 spiro atoms. The minimum Gasteiger partial charge on any atom is -0.333 e. The second-order valence-electron chi connectivity index (χ2n) is 33.8. The lowest BCUT2D eigenvalue weighted by Crippen LogP contribution is -2.42. The third-order valence-electron chi connectivity index (χ3n) is 25.0. The highest BCUT2D eigenvalue weighted by molar-refractivity contribution is 7.98. The van der Waals surface area contributed by atoms with Crippen molar-refractivity contribution in [1.29, 1.82) is 0 Å². The highest BCUT2D eigenvalue weighted by Crippen LogP contribution is 2.39. The van der Waals surface area contributed by atoms with Crippen LogP contribution in [0.1, 0.15) is 207 Å². The number of nitrogens with zero attached hydrogens (tertiary/aromatic N) is 12. The summed E-state index contributed by atoms with van der Waals surface area (Å²) in [7, 11) is 0. The van der Waals surface area contributed by atoms with Crippen molar-refractivity contribution >= 4 is 53.0 Å². The Morgan fingerprint density at radius 1 is 0.333 bits per heavy atom. The normalized spacial score (nSPS) is 16.6. The number of hydrogen-bond acceptors (Lipinski definition) is 15. The van der Waals surface area contributed by atoms with Gasteiger partial charge >= 0.3 is 18.5 Å². The Labute approximate surface area is 868 Å². The number of halogens is 12. The Kier molecular flexibility index (Phi) is 30.6. The summed E-state index contributed by atoms with van der Waals surface area (Å²) in [6, 6.07) is 43.4. The van der Waals surface area contributed by atoms with Gasteiger partial charge in [-0.25, -0.2) is 13.2 Å². The maximum Gasteiger partial charge on any atom is 0.416 e. The van der Waals surface area contributed by atoms with Gasteiger partial charge in [0.1, 0.15) is 36.9 Å². The van der Waals surface area contributed by atoms with Gasteiger partial charge in [-0.1, -0.05) is 222 Å². The van der Waals surface area contributed by atoms with E-state index in [0.29, 0.717) is 131 Å². The molecule has 0 N–H and O–H groups in total. The van der Waals surface area contributed by atoms with Crippen molar-refractivity contribution in [3.63, 3.8) is 0 Å². The minimum absolute atomic E-state index is 0.00849. The smallest absolute Gasteiger partial charge is 0.333 e. The monoisotopic (exact) mass is 2060 g/mol. The molecule has 9 aromatic carbocycles. The minimum atomic E-state index is -4.52. The van der Waals surface area contributed by atoms with Crippen molar-refractivity contribution in [2.75, 3.05) is 78.3 Å². The van der Waals surface area contributed by atoms with E-state index >= 15 is 0 Å². The lowest BCUT2D eigenvalue weighted by molar-refractivity contribution is -0.138. The molecule has 3 aliphatic rings. The average molecular weight is 2060 g/mol. The second kappa shape index (κ2) is 50.3. The van der Waals surface area contributed by atoms with Crippen LogP contribution in [0.5, 0.6) is 0 Å². The van der Waals surface area contributed by atoms with Crippen molar-refractivity contribution in [1.82, 2.24) is 58.1 Å². The fourth-order valence-electron chi connectivity index (χ4n) is 16.7. The van der Waals surface area contributed by atoms with E-state index < -0.39 is 177 Å². The highest BCUT2D eigenvalue weighted by atomic mass is 32.2. The van der Waals surface area contributed by atoms with Crippen molar-refractivity contribution in [2.45, 2.75) is 209 Å². The number of carbonyl (C=O) groups is 3. The lowest BCUT2D eigenvalue weighted by Gasteiger charge is -2.33. The van der Waals surface area contributed by atoms with Crippen molar-refractivity contribution in [3.8, 4) is 33.4 Å². The number of rotatable bonds is 39. The van der Waals surface area contributed by atoms with Crippen molar-refractivity contribution in [3.05, 3.63) is 351 Å².